The van der Waals surface area contributed by atoms with Gasteiger partial charge >= 0.3 is 5.97 Å². The Hall–Kier alpha value is -1.22. The normalized spacial score (nSPS) is 13.3. The van der Waals surface area contributed by atoms with E-state index in [2.05, 4.69) is 0 Å². The Morgan fingerprint density at radius 2 is 2.06 bits per heavy atom. The summed E-state index contributed by atoms with van der Waals surface area (Å²) in [4.78, 5) is 10.8. The van der Waals surface area contributed by atoms with Gasteiger partial charge in [0.1, 0.15) is 5.75 Å². The minimum Gasteiger partial charge on any atom is -0.506 e. The fraction of sp³-hybridized carbons (Fsp3) is 0.500. The van der Waals surface area contributed by atoms with E-state index in [1.165, 1.54) is 0 Å². The van der Waals surface area contributed by atoms with Gasteiger partial charge in [-0.2, -0.15) is 0 Å². The molecule has 1 aromatic rings. The van der Waals surface area contributed by atoms with E-state index in [1.807, 2.05) is 19.9 Å². The molecule has 0 saturated heterocycles. The van der Waals surface area contributed by atoms with E-state index in [-0.39, 0.29) is 17.1 Å². The Morgan fingerprint density at radius 1 is 1.44 bits per heavy atom. The zero-order valence-corrected chi connectivity index (χ0v) is 11.7. The number of carboxylic acid groups (broad SMARTS) is 1. The standard InChI is InChI=1S/C14H19ClO3/c1-9(13(17)18)6-7-14(2,3)10-4-5-12(16)11(15)8-10/h4-5,8-9,16H,6-7H2,1-3H3,(H,17,18). The molecule has 0 radical (unpaired) electrons. The van der Waals surface area contributed by atoms with E-state index < -0.39 is 5.97 Å². The van der Waals surface area contributed by atoms with Gasteiger partial charge in [-0.3, -0.25) is 4.79 Å². The van der Waals surface area contributed by atoms with Crippen molar-refractivity contribution in [3.05, 3.63) is 28.8 Å². The molecule has 3 nitrogen and oxygen atoms in total. The zero-order chi connectivity index (χ0) is 13.9. The van der Waals surface area contributed by atoms with Crippen LogP contribution in [0, 0.1) is 5.92 Å². The lowest BCUT2D eigenvalue weighted by atomic mass is 9.79. The highest BCUT2D eigenvalue weighted by Crippen LogP contribution is 2.34. The van der Waals surface area contributed by atoms with Crippen molar-refractivity contribution in [1.82, 2.24) is 0 Å². The highest BCUT2D eigenvalue weighted by Gasteiger charge is 2.23. The van der Waals surface area contributed by atoms with Gasteiger partial charge in [0, 0.05) is 0 Å². The van der Waals surface area contributed by atoms with Gasteiger partial charge in [0.25, 0.3) is 0 Å². The predicted molar refractivity (Wildman–Crippen MR) is 72.2 cm³/mol. The Kier molecular flexibility index (Phi) is 4.63. The number of aromatic hydroxyl groups is 1. The van der Waals surface area contributed by atoms with Crippen LogP contribution in [0.4, 0.5) is 0 Å². The van der Waals surface area contributed by atoms with Crippen LogP contribution in [0.25, 0.3) is 0 Å². The van der Waals surface area contributed by atoms with Crippen LogP contribution in [-0.2, 0) is 10.2 Å². The van der Waals surface area contributed by atoms with Crippen molar-refractivity contribution in [2.45, 2.75) is 39.0 Å². The number of halogens is 1. The largest absolute Gasteiger partial charge is 0.506 e. The highest BCUT2D eigenvalue weighted by molar-refractivity contribution is 6.32. The van der Waals surface area contributed by atoms with E-state index in [0.29, 0.717) is 11.4 Å². The molecule has 0 bridgehead atoms. The van der Waals surface area contributed by atoms with Gasteiger partial charge in [-0.05, 0) is 36.0 Å². The second kappa shape index (κ2) is 5.61. The molecule has 100 valence electrons. The minimum absolute atomic E-state index is 0.0649. The van der Waals surface area contributed by atoms with Gasteiger partial charge in [0.2, 0.25) is 0 Å². The SMILES string of the molecule is CC(CCC(C)(C)c1ccc(O)c(Cl)c1)C(=O)O. The first-order valence-electron chi connectivity index (χ1n) is 5.96. The monoisotopic (exact) mass is 270 g/mol. The summed E-state index contributed by atoms with van der Waals surface area (Å²) in [7, 11) is 0. The minimum atomic E-state index is -0.769. The molecule has 0 fully saturated rings. The number of carbonyl (C=O) groups is 1. The molecule has 0 heterocycles. The number of aliphatic carboxylic acids is 1. The number of benzene rings is 1. The summed E-state index contributed by atoms with van der Waals surface area (Å²) in [6.07, 6.45) is 1.36. The molecule has 0 aliphatic rings. The average molecular weight is 271 g/mol. The lowest BCUT2D eigenvalue weighted by molar-refractivity contribution is -0.141. The second-order valence-corrected chi connectivity index (χ2v) is 5.74. The van der Waals surface area contributed by atoms with Crippen molar-refractivity contribution >= 4 is 17.6 Å². The number of carboxylic acids is 1. The number of phenolic OH excluding ortho intramolecular Hbond substituents is 1. The first-order chi connectivity index (χ1) is 8.24. The zero-order valence-electron chi connectivity index (χ0n) is 10.9. The second-order valence-electron chi connectivity index (χ2n) is 5.33. The fourth-order valence-corrected chi connectivity index (χ4v) is 1.95. The fourth-order valence-electron chi connectivity index (χ4n) is 1.77. The molecule has 0 aromatic heterocycles. The first-order valence-corrected chi connectivity index (χ1v) is 6.33. The molecule has 0 saturated carbocycles. The van der Waals surface area contributed by atoms with Crippen LogP contribution in [0.2, 0.25) is 5.02 Å². The van der Waals surface area contributed by atoms with Crippen molar-refractivity contribution in [3.63, 3.8) is 0 Å². The molecular weight excluding hydrogens is 252 g/mol. The Labute approximate surface area is 112 Å². The maximum Gasteiger partial charge on any atom is 0.306 e. The molecule has 1 rings (SSSR count). The van der Waals surface area contributed by atoms with E-state index >= 15 is 0 Å². The van der Waals surface area contributed by atoms with Crippen LogP contribution in [0.5, 0.6) is 5.75 Å². The third kappa shape index (κ3) is 3.64. The van der Waals surface area contributed by atoms with E-state index in [4.69, 9.17) is 16.7 Å². The Bertz CT molecular complexity index is 441. The van der Waals surface area contributed by atoms with Crippen molar-refractivity contribution in [1.29, 1.82) is 0 Å². The van der Waals surface area contributed by atoms with E-state index in [9.17, 15) is 9.90 Å². The number of phenols is 1. The molecule has 1 aromatic carbocycles. The lowest BCUT2D eigenvalue weighted by Gasteiger charge is -2.26. The van der Waals surface area contributed by atoms with Crippen molar-refractivity contribution in [2.24, 2.45) is 5.92 Å². The summed E-state index contributed by atoms with van der Waals surface area (Å²) in [6.45, 7) is 5.80. The lowest BCUT2D eigenvalue weighted by Crippen LogP contribution is -2.20. The Morgan fingerprint density at radius 3 is 2.56 bits per heavy atom. The van der Waals surface area contributed by atoms with Gasteiger partial charge in [-0.1, -0.05) is 38.4 Å². The molecule has 1 unspecified atom stereocenters. The first kappa shape index (κ1) is 14.8. The van der Waals surface area contributed by atoms with Gasteiger partial charge in [-0.15, -0.1) is 0 Å². The van der Waals surface area contributed by atoms with Crippen LogP contribution < -0.4 is 0 Å². The molecule has 0 amide bonds. The molecule has 18 heavy (non-hydrogen) atoms. The molecule has 0 aliphatic heterocycles. The summed E-state index contributed by atoms with van der Waals surface area (Å²) < 4.78 is 0. The van der Waals surface area contributed by atoms with Crippen LogP contribution in [0.15, 0.2) is 18.2 Å². The maximum absolute atomic E-state index is 10.8. The summed E-state index contributed by atoms with van der Waals surface area (Å²) >= 11 is 5.89. The Balaban J connectivity index is 2.79. The summed E-state index contributed by atoms with van der Waals surface area (Å²) in [5.74, 6) is -1.05. The third-order valence-corrected chi connectivity index (χ3v) is 3.66. The van der Waals surface area contributed by atoms with Crippen molar-refractivity contribution in [2.75, 3.05) is 0 Å². The molecular formula is C14H19ClO3. The van der Waals surface area contributed by atoms with Gasteiger partial charge in [-0.25, -0.2) is 0 Å². The van der Waals surface area contributed by atoms with Gasteiger partial charge in [0.15, 0.2) is 0 Å². The van der Waals surface area contributed by atoms with Crippen LogP contribution >= 0.6 is 11.6 Å². The smallest absolute Gasteiger partial charge is 0.306 e. The number of hydrogen-bond donors (Lipinski definition) is 2. The van der Waals surface area contributed by atoms with Gasteiger partial charge in [0.05, 0.1) is 10.9 Å². The molecule has 4 heteroatoms. The third-order valence-electron chi connectivity index (χ3n) is 3.35. The highest BCUT2D eigenvalue weighted by atomic mass is 35.5. The van der Waals surface area contributed by atoms with E-state index in [1.54, 1.807) is 19.1 Å². The molecule has 0 spiro atoms. The van der Waals surface area contributed by atoms with Gasteiger partial charge < -0.3 is 10.2 Å². The number of rotatable bonds is 5. The molecule has 0 aliphatic carbocycles. The summed E-state index contributed by atoms with van der Waals surface area (Å²) in [6, 6.07) is 5.13. The van der Waals surface area contributed by atoms with E-state index in [0.717, 1.165) is 12.0 Å². The van der Waals surface area contributed by atoms with Crippen LogP contribution in [-0.4, -0.2) is 16.2 Å². The quantitative estimate of drug-likeness (QED) is 0.855. The van der Waals surface area contributed by atoms with Crippen molar-refractivity contribution < 1.29 is 15.0 Å². The maximum atomic E-state index is 10.8. The molecule has 2 N–H and O–H groups in total. The molecule has 1 atom stereocenters. The predicted octanol–water partition coefficient (Wildman–Crippen LogP) is 3.82. The van der Waals surface area contributed by atoms with Crippen molar-refractivity contribution in [3.8, 4) is 5.75 Å². The summed E-state index contributed by atoms with van der Waals surface area (Å²) in [5, 5.41) is 18.6. The van der Waals surface area contributed by atoms with Crippen LogP contribution in [0.3, 0.4) is 0 Å². The number of hydrogen-bond acceptors (Lipinski definition) is 2. The topological polar surface area (TPSA) is 57.5 Å². The average Bonchev–Trinajstić information content (AvgIpc) is 2.29. The summed E-state index contributed by atoms with van der Waals surface area (Å²) in [5.41, 5.74) is 0.837. The van der Waals surface area contributed by atoms with Crippen LogP contribution in [0.1, 0.15) is 39.2 Å².